The maximum absolute atomic E-state index is 12.9. The van der Waals surface area contributed by atoms with Gasteiger partial charge in [-0.2, -0.15) is 0 Å². The van der Waals surface area contributed by atoms with E-state index in [2.05, 4.69) is 0 Å². The Balaban J connectivity index is 2.34. The second-order valence-electron chi connectivity index (χ2n) is 7.95. The van der Waals surface area contributed by atoms with E-state index in [0.29, 0.717) is 11.1 Å². The molecule has 2 aromatic rings. The summed E-state index contributed by atoms with van der Waals surface area (Å²) in [5, 5.41) is 16.6. The van der Waals surface area contributed by atoms with Crippen LogP contribution < -0.4 is 5.14 Å². The number of nitro groups is 1. The van der Waals surface area contributed by atoms with Crippen molar-refractivity contribution >= 4 is 21.6 Å². The van der Waals surface area contributed by atoms with Crippen molar-refractivity contribution in [2.45, 2.75) is 44.0 Å². The maximum Gasteiger partial charge on any atom is 0.273 e. The third-order valence-electron chi connectivity index (χ3n) is 4.84. The SMILES string of the molecule is C[C@@H](c1ccc(S(N)(=O)=O)cc1)N(C)C(=O)c1ccc(C(C)(C)C)c([N+](=O)[O-])c1. The van der Waals surface area contributed by atoms with E-state index < -0.39 is 26.4 Å². The van der Waals surface area contributed by atoms with Crippen molar-refractivity contribution in [2.75, 3.05) is 7.05 Å². The summed E-state index contributed by atoms with van der Waals surface area (Å²) in [6.45, 7) is 7.39. The fourth-order valence-electron chi connectivity index (χ4n) is 2.99. The molecule has 0 fully saturated rings. The molecule has 0 saturated heterocycles. The van der Waals surface area contributed by atoms with E-state index in [1.165, 1.54) is 23.1 Å². The van der Waals surface area contributed by atoms with E-state index in [1.54, 1.807) is 38.2 Å². The van der Waals surface area contributed by atoms with Gasteiger partial charge in [-0.15, -0.1) is 0 Å². The molecule has 156 valence electrons. The molecule has 1 atom stereocenters. The Bertz CT molecular complexity index is 1040. The van der Waals surface area contributed by atoms with Crippen molar-refractivity contribution in [2.24, 2.45) is 5.14 Å². The fraction of sp³-hybridized carbons (Fsp3) is 0.350. The molecule has 2 N–H and O–H groups in total. The van der Waals surface area contributed by atoms with Gasteiger partial charge in [-0.25, -0.2) is 13.6 Å². The average Bonchev–Trinajstić information content (AvgIpc) is 2.64. The lowest BCUT2D eigenvalue weighted by atomic mass is 9.85. The summed E-state index contributed by atoms with van der Waals surface area (Å²) >= 11 is 0. The van der Waals surface area contributed by atoms with Crippen LogP contribution in [-0.4, -0.2) is 31.2 Å². The number of hydrogen-bond acceptors (Lipinski definition) is 5. The zero-order valence-electron chi connectivity index (χ0n) is 17.0. The first-order chi connectivity index (χ1) is 13.2. The molecule has 29 heavy (non-hydrogen) atoms. The highest BCUT2D eigenvalue weighted by Crippen LogP contribution is 2.32. The lowest BCUT2D eigenvalue weighted by Crippen LogP contribution is -2.30. The van der Waals surface area contributed by atoms with Gasteiger partial charge in [-0.1, -0.05) is 39.0 Å². The van der Waals surface area contributed by atoms with Gasteiger partial charge in [-0.05, 0) is 36.1 Å². The zero-order valence-corrected chi connectivity index (χ0v) is 17.9. The Morgan fingerprint density at radius 3 is 2.14 bits per heavy atom. The van der Waals surface area contributed by atoms with E-state index in [4.69, 9.17) is 5.14 Å². The molecule has 0 aliphatic carbocycles. The molecule has 2 rings (SSSR count). The van der Waals surface area contributed by atoms with E-state index >= 15 is 0 Å². The Kier molecular flexibility index (Phi) is 6.15. The van der Waals surface area contributed by atoms with Crippen LogP contribution in [0.15, 0.2) is 47.4 Å². The number of nitro benzene ring substituents is 1. The number of carbonyl (C=O) groups is 1. The van der Waals surface area contributed by atoms with Gasteiger partial charge in [0.1, 0.15) is 0 Å². The third-order valence-corrected chi connectivity index (χ3v) is 5.77. The molecule has 2 aromatic carbocycles. The van der Waals surface area contributed by atoms with Crippen molar-refractivity contribution in [1.82, 2.24) is 4.90 Å². The summed E-state index contributed by atoms with van der Waals surface area (Å²) in [5.74, 6) is -0.378. The standard InChI is InChI=1S/C20H25N3O5S/c1-13(14-6-9-16(10-7-14)29(21,27)28)22(5)19(24)15-8-11-17(20(2,3)4)18(12-15)23(25)26/h6-13H,1-5H3,(H2,21,27,28)/t13-/m0/s1. The first kappa shape index (κ1) is 22.5. The normalized spacial score (nSPS) is 13.0. The van der Waals surface area contributed by atoms with Crippen LogP contribution in [0.5, 0.6) is 0 Å². The molecule has 0 bridgehead atoms. The van der Waals surface area contributed by atoms with Gasteiger partial charge < -0.3 is 4.90 Å². The van der Waals surface area contributed by atoms with Gasteiger partial charge in [0, 0.05) is 24.2 Å². The Morgan fingerprint density at radius 1 is 1.14 bits per heavy atom. The lowest BCUT2D eigenvalue weighted by molar-refractivity contribution is -0.386. The van der Waals surface area contributed by atoms with E-state index in [1.807, 2.05) is 20.8 Å². The van der Waals surface area contributed by atoms with Gasteiger partial charge in [0.05, 0.1) is 15.9 Å². The third kappa shape index (κ3) is 4.99. The molecule has 0 spiro atoms. The minimum absolute atomic E-state index is 0.0178. The monoisotopic (exact) mass is 419 g/mol. The van der Waals surface area contributed by atoms with Crippen molar-refractivity contribution in [3.8, 4) is 0 Å². The highest BCUT2D eigenvalue weighted by Gasteiger charge is 2.27. The molecule has 0 heterocycles. The van der Waals surface area contributed by atoms with Gasteiger partial charge >= 0.3 is 0 Å². The molecule has 0 saturated carbocycles. The van der Waals surface area contributed by atoms with Crippen LogP contribution in [0.4, 0.5) is 5.69 Å². The van der Waals surface area contributed by atoms with Crippen LogP contribution in [0.25, 0.3) is 0 Å². The smallest absolute Gasteiger partial charge is 0.273 e. The molecule has 0 aliphatic heterocycles. The predicted molar refractivity (Wildman–Crippen MR) is 110 cm³/mol. The van der Waals surface area contributed by atoms with E-state index in [0.717, 1.165) is 0 Å². The quantitative estimate of drug-likeness (QED) is 0.588. The Morgan fingerprint density at radius 2 is 1.69 bits per heavy atom. The number of benzene rings is 2. The highest BCUT2D eigenvalue weighted by molar-refractivity contribution is 7.89. The van der Waals surface area contributed by atoms with Crippen molar-refractivity contribution in [1.29, 1.82) is 0 Å². The average molecular weight is 420 g/mol. The van der Waals surface area contributed by atoms with Crippen LogP contribution in [0.3, 0.4) is 0 Å². The predicted octanol–water partition coefficient (Wildman–Crippen LogP) is 3.37. The first-order valence-corrected chi connectivity index (χ1v) is 10.5. The summed E-state index contributed by atoms with van der Waals surface area (Å²) < 4.78 is 22.8. The molecular formula is C20H25N3O5S. The van der Waals surface area contributed by atoms with Gasteiger partial charge in [0.15, 0.2) is 0 Å². The van der Waals surface area contributed by atoms with Gasteiger partial charge in [-0.3, -0.25) is 14.9 Å². The van der Waals surface area contributed by atoms with Crippen LogP contribution >= 0.6 is 0 Å². The van der Waals surface area contributed by atoms with Crippen LogP contribution in [0, 0.1) is 10.1 Å². The number of amides is 1. The van der Waals surface area contributed by atoms with Crippen LogP contribution in [0.1, 0.15) is 55.2 Å². The molecule has 1 amide bonds. The Labute approximate surface area is 170 Å². The lowest BCUT2D eigenvalue weighted by Gasteiger charge is -2.26. The van der Waals surface area contributed by atoms with Gasteiger partial charge in [0.25, 0.3) is 11.6 Å². The van der Waals surface area contributed by atoms with Crippen molar-refractivity contribution in [3.63, 3.8) is 0 Å². The van der Waals surface area contributed by atoms with Crippen molar-refractivity contribution in [3.05, 3.63) is 69.3 Å². The van der Waals surface area contributed by atoms with Crippen LogP contribution in [0.2, 0.25) is 0 Å². The van der Waals surface area contributed by atoms with Crippen LogP contribution in [-0.2, 0) is 15.4 Å². The molecule has 0 aliphatic rings. The molecular weight excluding hydrogens is 394 g/mol. The molecule has 0 unspecified atom stereocenters. The second kappa shape index (κ2) is 7.92. The fourth-order valence-corrected chi connectivity index (χ4v) is 3.50. The summed E-state index contributed by atoms with van der Waals surface area (Å²) in [6.07, 6.45) is 0. The Hall–Kier alpha value is -2.78. The largest absolute Gasteiger partial charge is 0.335 e. The van der Waals surface area contributed by atoms with Crippen molar-refractivity contribution < 1.29 is 18.1 Å². The number of primary sulfonamides is 1. The van der Waals surface area contributed by atoms with Gasteiger partial charge in [0.2, 0.25) is 10.0 Å². The molecule has 9 heteroatoms. The zero-order chi connectivity index (χ0) is 22.1. The molecule has 0 radical (unpaired) electrons. The minimum atomic E-state index is -3.80. The summed E-state index contributed by atoms with van der Waals surface area (Å²) in [6, 6.07) is 10.0. The van der Waals surface area contributed by atoms with E-state index in [-0.39, 0.29) is 22.1 Å². The van der Waals surface area contributed by atoms with E-state index in [9.17, 15) is 23.3 Å². The first-order valence-electron chi connectivity index (χ1n) is 8.92. The number of carbonyl (C=O) groups excluding carboxylic acids is 1. The second-order valence-corrected chi connectivity index (χ2v) is 9.51. The molecule has 0 aromatic heterocycles. The minimum Gasteiger partial charge on any atom is -0.335 e. The highest BCUT2D eigenvalue weighted by atomic mass is 32.2. The summed E-state index contributed by atoms with van der Waals surface area (Å²) in [4.78, 5) is 25.4. The number of sulfonamides is 1. The maximum atomic E-state index is 12.9. The number of rotatable bonds is 5. The number of nitrogens with two attached hydrogens (primary N) is 1. The summed E-state index contributed by atoms with van der Waals surface area (Å²) in [5.41, 5.74) is 0.929. The number of hydrogen-bond donors (Lipinski definition) is 1. The topological polar surface area (TPSA) is 124 Å². The number of nitrogens with zero attached hydrogens (tertiary/aromatic N) is 2. The molecule has 8 nitrogen and oxygen atoms in total. The summed E-state index contributed by atoms with van der Waals surface area (Å²) in [7, 11) is -2.21.